The first-order valence-electron chi connectivity index (χ1n) is 6.11. The quantitative estimate of drug-likeness (QED) is 0.754. The SMILES string of the molecule is CC(Nc1ccc(-c2nccs2)cc1)c1ccoc1. The summed E-state index contributed by atoms with van der Waals surface area (Å²) in [6.07, 6.45) is 5.29. The molecule has 19 heavy (non-hydrogen) atoms. The Bertz CT molecular complexity index is 615. The number of nitrogens with zero attached hydrogens (tertiary/aromatic N) is 1. The van der Waals surface area contributed by atoms with E-state index in [1.807, 2.05) is 17.6 Å². The normalized spacial score (nSPS) is 12.3. The van der Waals surface area contributed by atoms with Crippen molar-refractivity contribution in [1.82, 2.24) is 4.98 Å². The Labute approximate surface area is 115 Å². The molecule has 2 aromatic heterocycles. The van der Waals surface area contributed by atoms with E-state index in [0.29, 0.717) is 0 Å². The molecule has 3 aromatic rings. The molecule has 0 aliphatic carbocycles. The molecule has 3 rings (SSSR count). The van der Waals surface area contributed by atoms with Gasteiger partial charge in [-0.05, 0) is 37.3 Å². The summed E-state index contributed by atoms with van der Waals surface area (Å²) >= 11 is 1.65. The van der Waals surface area contributed by atoms with Crippen LogP contribution in [0.3, 0.4) is 0 Å². The number of hydrogen-bond acceptors (Lipinski definition) is 4. The minimum atomic E-state index is 0.226. The number of aromatic nitrogens is 1. The monoisotopic (exact) mass is 270 g/mol. The summed E-state index contributed by atoms with van der Waals surface area (Å²) in [4.78, 5) is 4.30. The fourth-order valence-electron chi connectivity index (χ4n) is 1.93. The topological polar surface area (TPSA) is 38.1 Å². The molecule has 0 fully saturated rings. The standard InChI is InChI=1S/C15H14N2OS/c1-11(13-6-8-18-10-13)17-14-4-2-12(3-5-14)15-16-7-9-19-15/h2-11,17H,1H3. The molecule has 3 nitrogen and oxygen atoms in total. The Balaban J connectivity index is 1.73. The van der Waals surface area contributed by atoms with E-state index < -0.39 is 0 Å². The van der Waals surface area contributed by atoms with E-state index in [9.17, 15) is 0 Å². The third-order valence-electron chi connectivity index (χ3n) is 2.99. The minimum Gasteiger partial charge on any atom is -0.472 e. The van der Waals surface area contributed by atoms with Crippen molar-refractivity contribution in [2.75, 3.05) is 5.32 Å². The average Bonchev–Trinajstić information content (AvgIpc) is 3.13. The molecule has 1 aromatic carbocycles. The Morgan fingerprint density at radius 3 is 2.68 bits per heavy atom. The predicted octanol–water partition coefficient (Wildman–Crippen LogP) is 4.58. The van der Waals surface area contributed by atoms with Gasteiger partial charge in [0.1, 0.15) is 5.01 Å². The highest BCUT2D eigenvalue weighted by atomic mass is 32.1. The first kappa shape index (κ1) is 12.0. The lowest BCUT2D eigenvalue weighted by atomic mass is 10.1. The van der Waals surface area contributed by atoms with Crippen molar-refractivity contribution < 1.29 is 4.42 Å². The van der Waals surface area contributed by atoms with Gasteiger partial charge < -0.3 is 9.73 Å². The fraction of sp³-hybridized carbons (Fsp3) is 0.133. The molecule has 2 heterocycles. The molecule has 4 heteroatoms. The number of thiazole rings is 1. The first-order valence-corrected chi connectivity index (χ1v) is 6.99. The summed E-state index contributed by atoms with van der Waals surface area (Å²) in [5.74, 6) is 0. The molecule has 1 atom stereocenters. The van der Waals surface area contributed by atoms with Gasteiger partial charge in [-0.1, -0.05) is 0 Å². The van der Waals surface area contributed by atoms with Crippen molar-refractivity contribution in [2.24, 2.45) is 0 Å². The third kappa shape index (κ3) is 2.69. The molecular formula is C15H14N2OS. The van der Waals surface area contributed by atoms with Crippen LogP contribution in [0.2, 0.25) is 0 Å². The zero-order valence-electron chi connectivity index (χ0n) is 10.5. The molecular weight excluding hydrogens is 256 g/mol. The summed E-state index contributed by atoms with van der Waals surface area (Å²) in [6, 6.07) is 10.5. The molecule has 0 bridgehead atoms. The van der Waals surface area contributed by atoms with Gasteiger partial charge in [0.05, 0.1) is 18.6 Å². The zero-order chi connectivity index (χ0) is 13.1. The summed E-state index contributed by atoms with van der Waals surface area (Å²) < 4.78 is 5.09. The molecule has 0 amide bonds. The maximum Gasteiger partial charge on any atom is 0.123 e. The van der Waals surface area contributed by atoms with Crippen molar-refractivity contribution in [3.8, 4) is 10.6 Å². The highest BCUT2D eigenvalue weighted by molar-refractivity contribution is 7.13. The van der Waals surface area contributed by atoms with Gasteiger partial charge in [-0.15, -0.1) is 11.3 Å². The van der Waals surface area contributed by atoms with Gasteiger partial charge in [0.25, 0.3) is 0 Å². The van der Waals surface area contributed by atoms with Crippen LogP contribution in [0.5, 0.6) is 0 Å². The second kappa shape index (κ2) is 5.28. The highest BCUT2D eigenvalue weighted by Gasteiger charge is 2.06. The molecule has 0 aliphatic rings. The maximum atomic E-state index is 5.09. The number of rotatable bonds is 4. The van der Waals surface area contributed by atoms with Crippen molar-refractivity contribution in [3.05, 3.63) is 60.0 Å². The van der Waals surface area contributed by atoms with Crippen LogP contribution in [0.15, 0.2) is 58.9 Å². The summed E-state index contributed by atoms with van der Waals surface area (Å²) in [5.41, 5.74) is 3.38. The Morgan fingerprint density at radius 1 is 1.21 bits per heavy atom. The second-order valence-corrected chi connectivity index (χ2v) is 5.23. The van der Waals surface area contributed by atoms with Crippen LogP contribution in [-0.4, -0.2) is 4.98 Å². The van der Waals surface area contributed by atoms with E-state index in [1.54, 1.807) is 23.9 Å². The van der Waals surface area contributed by atoms with Gasteiger partial charge in [0.15, 0.2) is 0 Å². The molecule has 0 spiro atoms. The molecule has 0 radical (unpaired) electrons. The lowest BCUT2D eigenvalue weighted by molar-refractivity contribution is 0.562. The summed E-state index contributed by atoms with van der Waals surface area (Å²) in [5, 5.41) is 6.48. The van der Waals surface area contributed by atoms with E-state index in [2.05, 4.69) is 41.5 Å². The average molecular weight is 270 g/mol. The number of benzene rings is 1. The van der Waals surface area contributed by atoms with Gasteiger partial charge in [-0.3, -0.25) is 0 Å². The Hall–Kier alpha value is -2.07. The van der Waals surface area contributed by atoms with Crippen molar-refractivity contribution in [3.63, 3.8) is 0 Å². The van der Waals surface area contributed by atoms with Crippen LogP contribution in [0.25, 0.3) is 10.6 Å². The summed E-state index contributed by atoms with van der Waals surface area (Å²) in [6.45, 7) is 2.11. The van der Waals surface area contributed by atoms with Gasteiger partial charge in [0.2, 0.25) is 0 Å². The minimum absolute atomic E-state index is 0.226. The third-order valence-corrected chi connectivity index (χ3v) is 3.81. The molecule has 1 N–H and O–H groups in total. The van der Waals surface area contributed by atoms with Gasteiger partial charge in [-0.25, -0.2) is 4.98 Å². The van der Waals surface area contributed by atoms with Crippen molar-refractivity contribution in [1.29, 1.82) is 0 Å². The number of nitrogens with one attached hydrogen (secondary N) is 1. The predicted molar refractivity (Wildman–Crippen MR) is 78.3 cm³/mol. The van der Waals surface area contributed by atoms with E-state index in [4.69, 9.17) is 4.42 Å². The van der Waals surface area contributed by atoms with Crippen LogP contribution in [0.1, 0.15) is 18.5 Å². The first-order chi connectivity index (χ1) is 9.33. The molecule has 1 unspecified atom stereocenters. The molecule has 96 valence electrons. The number of furan rings is 1. The van der Waals surface area contributed by atoms with Crippen LogP contribution in [0, 0.1) is 0 Å². The molecule has 0 saturated heterocycles. The van der Waals surface area contributed by atoms with Crippen molar-refractivity contribution in [2.45, 2.75) is 13.0 Å². The van der Waals surface area contributed by atoms with E-state index in [-0.39, 0.29) is 6.04 Å². The highest BCUT2D eigenvalue weighted by Crippen LogP contribution is 2.25. The van der Waals surface area contributed by atoms with E-state index >= 15 is 0 Å². The van der Waals surface area contributed by atoms with Crippen molar-refractivity contribution >= 4 is 17.0 Å². The largest absolute Gasteiger partial charge is 0.472 e. The molecule has 0 saturated carbocycles. The summed E-state index contributed by atoms with van der Waals surface area (Å²) in [7, 11) is 0. The Morgan fingerprint density at radius 2 is 2.05 bits per heavy atom. The maximum absolute atomic E-state index is 5.09. The van der Waals surface area contributed by atoms with Crippen LogP contribution in [-0.2, 0) is 0 Å². The van der Waals surface area contributed by atoms with Crippen LogP contribution >= 0.6 is 11.3 Å². The number of hydrogen-bond donors (Lipinski definition) is 1. The van der Waals surface area contributed by atoms with Crippen LogP contribution in [0.4, 0.5) is 5.69 Å². The van der Waals surface area contributed by atoms with Crippen LogP contribution < -0.4 is 5.32 Å². The zero-order valence-corrected chi connectivity index (χ0v) is 11.4. The van der Waals surface area contributed by atoms with Gasteiger partial charge in [-0.2, -0.15) is 0 Å². The van der Waals surface area contributed by atoms with E-state index in [1.165, 1.54) is 0 Å². The smallest absolute Gasteiger partial charge is 0.123 e. The van der Waals surface area contributed by atoms with Gasteiger partial charge in [0, 0.05) is 28.4 Å². The number of anilines is 1. The van der Waals surface area contributed by atoms with E-state index in [0.717, 1.165) is 21.8 Å². The lowest BCUT2D eigenvalue weighted by Gasteiger charge is -2.13. The fourth-order valence-corrected chi connectivity index (χ4v) is 2.57. The lowest BCUT2D eigenvalue weighted by Crippen LogP contribution is -2.05. The molecule has 0 aliphatic heterocycles. The second-order valence-electron chi connectivity index (χ2n) is 4.34. The Kier molecular flexibility index (Phi) is 3.33. The van der Waals surface area contributed by atoms with Gasteiger partial charge >= 0.3 is 0 Å².